The first-order valence-electron chi connectivity index (χ1n) is 11.8. The molecule has 0 bridgehead atoms. The zero-order valence-corrected chi connectivity index (χ0v) is 22.8. The van der Waals surface area contributed by atoms with Crippen molar-refractivity contribution in [1.82, 2.24) is 9.55 Å². The summed E-state index contributed by atoms with van der Waals surface area (Å²) in [5.41, 5.74) is 2.18. The zero-order chi connectivity index (χ0) is 26.4. The highest BCUT2D eigenvalue weighted by atomic mass is 32.2. The van der Waals surface area contributed by atoms with Crippen LogP contribution in [0.4, 0.5) is 5.69 Å². The lowest BCUT2D eigenvalue weighted by molar-refractivity contribution is -0.115. The quantitative estimate of drug-likeness (QED) is 0.206. The van der Waals surface area contributed by atoms with E-state index < -0.39 is 5.25 Å². The maximum Gasteiger partial charge on any atom is 0.272 e. The molecular formula is C27H29N3O5S2. The Hall–Kier alpha value is -3.50. The number of hydrogen-bond donors (Lipinski definition) is 1. The molecule has 0 aliphatic rings. The molecule has 0 fully saturated rings. The number of benzene rings is 2. The molecule has 37 heavy (non-hydrogen) atoms. The van der Waals surface area contributed by atoms with Gasteiger partial charge in [0.2, 0.25) is 5.91 Å². The van der Waals surface area contributed by atoms with Crippen LogP contribution in [0.1, 0.15) is 18.9 Å². The van der Waals surface area contributed by atoms with Gasteiger partial charge in [0.15, 0.2) is 16.7 Å². The van der Waals surface area contributed by atoms with E-state index in [1.165, 1.54) is 23.1 Å². The second-order valence-corrected chi connectivity index (χ2v) is 10.2. The number of fused-ring (bicyclic) bond motifs is 1. The molecule has 2 aromatic carbocycles. The molecule has 1 N–H and O–H groups in total. The molecule has 1 amide bonds. The number of thiophene rings is 1. The first kappa shape index (κ1) is 26.6. The standard InChI is InChI=1S/C27H29N3O5S2/c1-5-23(25(31)28-18-7-6-8-19(16-18)33-2)37-27-29-20-12-14-36-24(20)26(32)30(27)13-11-17-9-10-21(34-3)22(15-17)35-4/h6-10,12,14-16,23H,5,11,13H2,1-4H3,(H,28,31)/t23-/m1/s1. The fourth-order valence-electron chi connectivity index (χ4n) is 3.86. The van der Waals surface area contributed by atoms with Gasteiger partial charge in [-0.15, -0.1) is 11.3 Å². The number of carbonyl (C=O) groups excluding carboxylic acids is 1. The number of methoxy groups -OCH3 is 3. The van der Waals surface area contributed by atoms with Gasteiger partial charge in [-0.3, -0.25) is 14.2 Å². The molecule has 0 unspecified atom stereocenters. The molecule has 194 valence electrons. The van der Waals surface area contributed by atoms with Crippen molar-refractivity contribution in [2.24, 2.45) is 0 Å². The average molecular weight is 540 g/mol. The minimum Gasteiger partial charge on any atom is -0.497 e. The Balaban J connectivity index is 1.60. The van der Waals surface area contributed by atoms with Crippen LogP contribution in [0.5, 0.6) is 17.2 Å². The first-order chi connectivity index (χ1) is 18.0. The van der Waals surface area contributed by atoms with E-state index in [1.807, 2.05) is 54.8 Å². The van der Waals surface area contributed by atoms with Gasteiger partial charge in [-0.2, -0.15) is 0 Å². The smallest absolute Gasteiger partial charge is 0.272 e. The number of anilines is 1. The molecule has 0 saturated heterocycles. The van der Waals surface area contributed by atoms with Gasteiger partial charge in [0.1, 0.15) is 10.4 Å². The van der Waals surface area contributed by atoms with E-state index in [2.05, 4.69) is 5.32 Å². The lowest BCUT2D eigenvalue weighted by atomic mass is 10.1. The van der Waals surface area contributed by atoms with Crippen LogP contribution in [-0.2, 0) is 17.8 Å². The lowest BCUT2D eigenvalue weighted by Gasteiger charge is -2.18. The number of amides is 1. The van der Waals surface area contributed by atoms with Gasteiger partial charge in [-0.1, -0.05) is 30.8 Å². The predicted molar refractivity (Wildman–Crippen MR) is 149 cm³/mol. The number of nitrogens with one attached hydrogen (secondary N) is 1. The van der Waals surface area contributed by atoms with E-state index in [1.54, 1.807) is 32.0 Å². The summed E-state index contributed by atoms with van der Waals surface area (Å²) in [5, 5.41) is 4.89. The van der Waals surface area contributed by atoms with Crippen LogP contribution in [0.25, 0.3) is 10.2 Å². The highest BCUT2D eigenvalue weighted by Crippen LogP contribution is 2.30. The molecule has 0 aliphatic heterocycles. The maximum absolute atomic E-state index is 13.4. The van der Waals surface area contributed by atoms with Crippen molar-refractivity contribution in [3.63, 3.8) is 0 Å². The molecule has 10 heteroatoms. The summed E-state index contributed by atoms with van der Waals surface area (Å²) in [4.78, 5) is 31.3. The van der Waals surface area contributed by atoms with Crippen LogP contribution in [0.3, 0.4) is 0 Å². The van der Waals surface area contributed by atoms with E-state index in [0.717, 1.165) is 5.56 Å². The maximum atomic E-state index is 13.4. The van der Waals surface area contributed by atoms with Crippen molar-refractivity contribution >= 4 is 44.9 Å². The predicted octanol–water partition coefficient (Wildman–Crippen LogP) is 5.24. The largest absolute Gasteiger partial charge is 0.497 e. The van der Waals surface area contributed by atoms with Crippen LogP contribution in [0, 0.1) is 0 Å². The van der Waals surface area contributed by atoms with Crippen LogP contribution < -0.4 is 25.1 Å². The highest BCUT2D eigenvalue weighted by Gasteiger charge is 2.23. The van der Waals surface area contributed by atoms with E-state index in [9.17, 15) is 9.59 Å². The third kappa shape index (κ3) is 6.08. The molecule has 0 aliphatic carbocycles. The number of thioether (sulfide) groups is 1. The zero-order valence-electron chi connectivity index (χ0n) is 21.1. The van der Waals surface area contributed by atoms with E-state index in [0.29, 0.717) is 57.7 Å². The van der Waals surface area contributed by atoms with Gasteiger partial charge >= 0.3 is 0 Å². The number of carbonyl (C=O) groups is 1. The normalized spacial score (nSPS) is 11.8. The average Bonchev–Trinajstić information content (AvgIpc) is 3.40. The van der Waals surface area contributed by atoms with Crippen molar-refractivity contribution in [1.29, 1.82) is 0 Å². The third-order valence-corrected chi connectivity index (χ3v) is 8.10. The van der Waals surface area contributed by atoms with Crippen molar-refractivity contribution in [2.75, 3.05) is 26.6 Å². The molecule has 0 radical (unpaired) electrons. The summed E-state index contributed by atoms with van der Waals surface area (Å²) in [6, 6.07) is 14.8. The van der Waals surface area contributed by atoms with Crippen LogP contribution in [0.2, 0.25) is 0 Å². The first-order valence-corrected chi connectivity index (χ1v) is 13.5. The third-order valence-electron chi connectivity index (χ3n) is 5.85. The molecule has 8 nitrogen and oxygen atoms in total. The Morgan fingerprint density at radius 3 is 2.62 bits per heavy atom. The number of aromatic nitrogens is 2. The Labute approximate surface area is 223 Å². The van der Waals surface area contributed by atoms with E-state index in [-0.39, 0.29) is 11.5 Å². The van der Waals surface area contributed by atoms with Crippen LogP contribution in [0.15, 0.2) is 63.9 Å². The lowest BCUT2D eigenvalue weighted by Crippen LogP contribution is -2.28. The molecule has 4 aromatic rings. The Morgan fingerprint density at radius 2 is 1.89 bits per heavy atom. The number of nitrogens with zero attached hydrogens (tertiary/aromatic N) is 2. The molecule has 1 atom stereocenters. The monoisotopic (exact) mass is 539 g/mol. The van der Waals surface area contributed by atoms with E-state index >= 15 is 0 Å². The topological polar surface area (TPSA) is 91.7 Å². The Kier molecular flexibility index (Phi) is 8.73. The number of rotatable bonds is 11. The van der Waals surface area contributed by atoms with Crippen molar-refractivity contribution in [3.05, 3.63) is 69.8 Å². The van der Waals surface area contributed by atoms with Gasteiger partial charge in [0.25, 0.3) is 5.56 Å². The van der Waals surface area contributed by atoms with Gasteiger partial charge in [-0.25, -0.2) is 4.98 Å². The van der Waals surface area contributed by atoms with Gasteiger partial charge < -0.3 is 19.5 Å². The highest BCUT2D eigenvalue weighted by molar-refractivity contribution is 8.00. The molecule has 2 aromatic heterocycles. The fraction of sp³-hybridized carbons (Fsp3) is 0.296. The van der Waals surface area contributed by atoms with Crippen molar-refractivity contribution in [3.8, 4) is 17.2 Å². The Bertz CT molecular complexity index is 1450. The minimum atomic E-state index is -0.443. The number of hydrogen-bond acceptors (Lipinski definition) is 8. The summed E-state index contributed by atoms with van der Waals surface area (Å²) in [5.74, 6) is 1.78. The SMILES string of the molecule is CC[C@@H](Sc1nc2ccsc2c(=O)n1CCc1ccc(OC)c(OC)c1)C(=O)Nc1cccc(OC)c1. The summed E-state index contributed by atoms with van der Waals surface area (Å²) >= 11 is 2.68. The second kappa shape index (κ2) is 12.2. The molecule has 2 heterocycles. The Morgan fingerprint density at radius 1 is 1.08 bits per heavy atom. The summed E-state index contributed by atoms with van der Waals surface area (Å²) in [7, 11) is 4.77. The minimum absolute atomic E-state index is 0.106. The molecular weight excluding hydrogens is 510 g/mol. The van der Waals surface area contributed by atoms with Gasteiger partial charge in [0, 0.05) is 18.3 Å². The second-order valence-electron chi connectivity index (χ2n) is 8.16. The van der Waals surface area contributed by atoms with Gasteiger partial charge in [-0.05, 0) is 54.1 Å². The fourth-order valence-corrected chi connectivity index (χ4v) is 5.68. The molecule has 4 rings (SSSR count). The molecule has 0 saturated carbocycles. The van der Waals surface area contributed by atoms with E-state index in [4.69, 9.17) is 19.2 Å². The van der Waals surface area contributed by atoms with Crippen molar-refractivity contribution < 1.29 is 19.0 Å². The van der Waals surface area contributed by atoms with Gasteiger partial charge in [0.05, 0.1) is 32.1 Å². The molecule has 0 spiro atoms. The van der Waals surface area contributed by atoms with Crippen LogP contribution in [-0.4, -0.2) is 42.0 Å². The summed E-state index contributed by atoms with van der Waals surface area (Å²) < 4.78 is 18.3. The van der Waals surface area contributed by atoms with Crippen molar-refractivity contribution in [2.45, 2.75) is 36.7 Å². The number of ether oxygens (including phenoxy) is 3. The summed E-state index contributed by atoms with van der Waals surface area (Å²) in [6.07, 6.45) is 1.15. The van der Waals surface area contributed by atoms with Crippen LogP contribution >= 0.6 is 23.1 Å². The summed E-state index contributed by atoms with van der Waals surface area (Å²) in [6.45, 7) is 2.35. The number of aryl methyl sites for hydroxylation is 1.